The van der Waals surface area contributed by atoms with Crippen LogP contribution in [0.15, 0.2) is 63.6 Å². The maximum absolute atomic E-state index is 14.9. The molecule has 16 nitrogen and oxygen atoms in total. The minimum Gasteiger partial charge on any atom is -0.505 e. The summed E-state index contributed by atoms with van der Waals surface area (Å²) in [4.78, 5) is 63.3. The highest BCUT2D eigenvalue weighted by Crippen LogP contribution is 2.48. The summed E-state index contributed by atoms with van der Waals surface area (Å²) in [6.07, 6.45) is 5.79. The monoisotopic (exact) mass is 982 g/mol. The molecule has 0 aliphatic carbocycles. The lowest BCUT2D eigenvalue weighted by Gasteiger charge is -2.50. The van der Waals surface area contributed by atoms with E-state index in [1.165, 1.54) is 34.1 Å². The number of fused-ring (bicyclic) bond motifs is 2. The number of aliphatic hydroxyl groups excluding tert-OH is 1. The second-order valence-corrected chi connectivity index (χ2v) is 21.4. The van der Waals surface area contributed by atoms with Crippen molar-refractivity contribution in [2.45, 2.75) is 113 Å². The van der Waals surface area contributed by atoms with Gasteiger partial charge >= 0.3 is 11.8 Å². The Balaban J connectivity index is 1.34. The van der Waals surface area contributed by atoms with Crippen molar-refractivity contribution in [2.24, 2.45) is 29.6 Å². The molecule has 16 heteroatoms. The lowest BCUT2D eigenvalue weighted by Crippen LogP contribution is -2.65. The number of methoxy groups -OCH3 is 1. The van der Waals surface area contributed by atoms with Gasteiger partial charge in [0, 0.05) is 75.0 Å². The van der Waals surface area contributed by atoms with E-state index in [-0.39, 0.29) is 84.8 Å². The second-order valence-electron chi connectivity index (χ2n) is 21.4. The van der Waals surface area contributed by atoms with E-state index in [4.69, 9.17) is 33.1 Å². The Hall–Kier alpha value is -5.81. The maximum Gasteiger partial charge on any atom is 0.312 e. The predicted molar refractivity (Wildman–Crippen MR) is 273 cm³/mol. The molecule has 3 N–H and O–H groups in total. The number of phenolic OH excluding ortho intramolecular Hbond substituents is 1. The van der Waals surface area contributed by atoms with E-state index < -0.39 is 58.9 Å². The molecule has 4 aromatic rings. The maximum atomic E-state index is 14.9. The zero-order valence-corrected chi connectivity index (χ0v) is 43.8. The van der Waals surface area contributed by atoms with Gasteiger partial charge in [0.25, 0.3) is 11.7 Å². The van der Waals surface area contributed by atoms with E-state index in [9.17, 15) is 29.4 Å². The number of quaternary nitrogens is 1. The molecule has 4 bridgehead atoms. The first-order valence-electron chi connectivity index (χ1n) is 24.7. The summed E-state index contributed by atoms with van der Waals surface area (Å²) < 4.78 is 38.1. The molecular weight excluding hydrogens is 909 g/mol. The van der Waals surface area contributed by atoms with E-state index in [0.29, 0.717) is 17.9 Å². The average molecular weight is 982 g/mol. The minimum atomic E-state index is -2.01. The summed E-state index contributed by atoms with van der Waals surface area (Å²) >= 11 is 0. The van der Waals surface area contributed by atoms with Crippen molar-refractivity contribution in [2.75, 3.05) is 58.8 Å². The smallest absolute Gasteiger partial charge is 0.312 e. The molecule has 384 valence electrons. The number of likely N-dealkylation sites (N-methyl/N-ethyl adjacent to an activating group) is 1. The Morgan fingerprint density at radius 2 is 1.69 bits per heavy atom. The number of nitrogens with one attached hydrogen (secondary N) is 1. The number of carbonyl (C=O) groups is 3. The zero-order valence-electron chi connectivity index (χ0n) is 43.8. The summed E-state index contributed by atoms with van der Waals surface area (Å²) in [5.74, 6) is -5.42. The number of ether oxygens (including phenoxy) is 5. The fourth-order valence-electron chi connectivity index (χ4n) is 10.2. The number of amides is 1. The van der Waals surface area contributed by atoms with Crippen LogP contribution in [0.25, 0.3) is 33.0 Å². The number of allylic oxidation sites excluding steroid dienone is 2. The number of hydrogen-bond donors (Lipinski definition) is 3. The highest BCUT2D eigenvalue weighted by Gasteiger charge is 2.50. The van der Waals surface area contributed by atoms with Crippen molar-refractivity contribution < 1.29 is 57.2 Å². The molecule has 1 fully saturated rings. The Kier molecular flexibility index (Phi) is 15.2. The van der Waals surface area contributed by atoms with Gasteiger partial charge in [0.1, 0.15) is 40.9 Å². The van der Waals surface area contributed by atoms with Gasteiger partial charge in [-0.1, -0.05) is 52.8 Å². The number of rotatable bonds is 6. The summed E-state index contributed by atoms with van der Waals surface area (Å²) in [6, 6.07) is 5.15. The summed E-state index contributed by atoms with van der Waals surface area (Å²) in [5, 5.41) is 26.3. The van der Waals surface area contributed by atoms with E-state index in [1.54, 1.807) is 49.4 Å². The second kappa shape index (κ2) is 20.4. The molecule has 0 radical (unpaired) electrons. The standard InChI is InChI=1S/C55H72N4O12/c1-29-16-15-17-30(2)53(65)57-45-48(63)42-41(44-51(45)70-40-28-37(18-19-38(40)56-44)67-27-23-58-21-24-59(13,25-22-58)54(9,10)11)43-50(35(7)47(42)62)71-55(12,52(43)64)68-26-20-39(66-14)34(6)49(69-36(8)60)33(5)31(3)32(4)46(29)61/h15-20,26,28-29,31-34,39,46,49,61H,21-25,27H2,1-14H3,(H-,56,57,62,63,64,65)/p+1/b16-15+,26-20+,30-17-/t29-,31+,32-,33+,34+,39-,46-,49-,55-/m0/s1. The van der Waals surface area contributed by atoms with Crippen molar-refractivity contribution in [3.63, 3.8) is 0 Å². The zero-order chi connectivity index (χ0) is 52.1. The molecule has 0 spiro atoms. The Morgan fingerprint density at radius 3 is 2.34 bits per heavy atom. The summed E-state index contributed by atoms with van der Waals surface area (Å²) in [5.41, 5.74) is -0.0833. The van der Waals surface area contributed by atoms with Gasteiger partial charge in [-0.3, -0.25) is 24.1 Å². The van der Waals surface area contributed by atoms with Crippen LogP contribution in [0, 0.1) is 36.5 Å². The lowest BCUT2D eigenvalue weighted by atomic mass is 9.73. The molecule has 0 saturated carbocycles. The largest absolute Gasteiger partial charge is 0.505 e. The number of phenols is 1. The average Bonchev–Trinajstić information content (AvgIpc) is 3.59. The highest BCUT2D eigenvalue weighted by atomic mass is 16.7. The van der Waals surface area contributed by atoms with Crippen LogP contribution >= 0.6 is 0 Å². The van der Waals surface area contributed by atoms with Crippen LogP contribution in [0.3, 0.4) is 0 Å². The first-order chi connectivity index (χ1) is 33.3. The van der Waals surface area contributed by atoms with E-state index in [1.807, 2.05) is 34.6 Å². The summed E-state index contributed by atoms with van der Waals surface area (Å²) in [6.45, 7) is 27.5. The van der Waals surface area contributed by atoms with E-state index in [0.717, 1.165) is 37.2 Å². The number of nitrogens with zero attached hydrogens (tertiary/aromatic N) is 3. The number of Topliss-reactive ketones (excluding diaryl/α,β-unsaturated/α-hetero) is 1. The Morgan fingerprint density at radius 1 is 1.00 bits per heavy atom. The number of piperazine rings is 1. The van der Waals surface area contributed by atoms with Crippen LogP contribution in [-0.2, 0) is 23.8 Å². The van der Waals surface area contributed by atoms with E-state index >= 15 is 0 Å². The number of esters is 1. The number of aromatic nitrogens is 1. The van der Waals surface area contributed by atoms with Crippen LogP contribution in [0.4, 0.5) is 5.69 Å². The van der Waals surface area contributed by atoms with Crippen LogP contribution in [0.2, 0.25) is 0 Å². The van der Waals surface area contributed by atoms with Gasteiger partial charge < -0.3 is 48.1 Å². The molecule has 0 unspecified atom stereocenters. The van der Waals surface area contributed by atoms with Gasteiger partial charge in [0.2, 0.25) is 0 Å². The Bertz CT molecular complexity index is 2870. The SMILES string of the molecule is CO[C@H]1/C=C/O[C@@]2(C)Oc3c(C)c(=O)c4c(O)c(c5oc6cc(OCCN7CC[N+](C)(C(C)(C)C)CC7)ccc6nc5c4c3C2=O)NC(=O)/C(C)=C\C=C\[C@H](C)[C@H](O)[C@@H](C)[C@@H](C)[C@@H](C)[C@H](OC(C)=O)[C@@H]1C. The highest BCUT2D eigenvalue weighted by molar-refractivity contribution is 6.26. The number of aromatic hydroxyl groups is 1. The van der Waals surface area contributed by atoms with Crippen LogP contribution < -0.4 is 20.2 Å². The van der Waals surface area contributed by atoms with Crippen molar-refractivity contribution in [3.8, 4) is 17.2 Å². The predicted octanol–water partition coefficient (Wildman–Crippen LogP) is 8.21. The molecule has 3 aliphatic heterocycles. The normalized spacial score (nSPS) is 29.6. The number of benzene rings is 3. The van der Waals surface area contributed by atoms with Gasteiger partial charge in [-0.2, -0.15) is 0 Å². The van der Waals surface area contributed by atoms with Crippen molar-refractivity contribution in [1.29, 1.82) is 0 Å². The van der Waals surface area contributed by atoms with Crippen molar-refractivity contribution >= 4 is 56.3 Å². The number of anilines is 1. The number of carbonyl (C=O) groups excluding carboxylic acids is 3. The first kappa shape index (κ1) is 53.0. The van der Waals surface area contributed by atoms with Gasteiger partial charge in [0.05, 0.1) is 55.1 Å². The van der Waals surface area contributed by atoms with Crippen molar-refractivity contribution in [1.82, 2.24) is 9.88 Å². The third-order valence-corrected chi connectivity index (χ3v) is 16.0. The molecule has 1 aromatic heterocycles. The van der Waals surface area contributed by atoms with E-state index in [2.05, 4.69) is 38.0 Å². The molecular formula is C55H73N4O12+. The summed E-state index contributed by atoms with van der Waals surface area (Å²) in [7, 11) is 3.82. The quantitative estimate of drug-likeness (QED) is 0.0550. The molecule has 71 heavy (non-hydrogen) atoms. The molecule has 9 atom stereocenters. The molecule has 3 aromatic carbocycles. The molecule has 3 aliphatic rings. The molecule has 1 amide bonds. The molecule has 7 rings (SSSR count). The third kappa shape index (κ3) is 10.2. The van der Waals surface area contributed by atoms with Crippen LogP contribution in [0.1, 0.15) is 92.1 Å². The fraction of sp³-hybridized carbons (Fsp3) is 0.545. The Labute approximate surface area is 416 Å². The lowest BCUT2D eigenvalue weighted by molar-refractivity contribution is -0.957. The number of ketones is 1. The first-order valence-corrected chi connectivity index (χ1v) is 24.7. The van der Waals surface area contributed by atoms with Gasteiger partial charge in [0.15, 0.2) is 22.3 Å². The van der Waals surface area contributed by atoms with Gasteiger partial charge in [-0.05, 0) is 70.6 Å². The minimum absolute atomic E-state index is 0.00571. The van der Waals surface area contributed by atoms with Crippen LogP contribution in [-0.4, -0.2) is 125 Å². The third-order valence-electron chi connectivity index (χ3n) is 16.0. The number of aliphatic hydroxyl groups is 1. The molecule has 4 heterocycles. The number of hydrogen-bond acceptors (Lipinski definition) is 14. The van der Waals surface area contributed by atoms with Crippen LogP contribution in [0.5, 0.6) is 17.2 Å². The van der Waals surface area contributed by atoms with Crippen molar-refractivity contribution in [3.05, 3.63) is 75.7 Å². The fourth-order valence-corrected chi connectivity index (χ4v) is 10.2. The molecule has 1 saturated heterocycles. The van der Waals surface area contributed by atoms with Gasteiger partial charge in [-0.25, -0.2) is 4.98 Å². The topological polar surface area (TPSA) is 196 Å². The van der Waals surface area contributed by atoms with Gasteiger partial charge in [-0.15, -0.1) is 0 Å².